The Morgan fingerprint density at radius 1 is 0.940 bits per heavy atom. The molecule has 4 atom stereocenters. The van der Waals surface area contributed by atoms with E-state index in [1.807, 2.05) is 55.5 Å². The molecule has 3 heterocycles. The van der Waals surface area contributed by atoms with Gasteiger partial charge in [0.25, 0.3) is 0 Å². The van der Waals surface area contributed by atoms with Gasteiger partial charge in [-0.15, -0.1) is 11.3 Å². The van der Waals surface area contributed by atoms with Crippen molar-refractivity contribution in [3.8, 4) is 5.75 Å². The van der Waals surface area contributed by atoms with Crippen molar-refractivity contribution in [2.45, 2.75) is 83.0 Å². The van der Waals surface area contributed by atoms with Gasteiger partial charge >= 0.3 is 0 Å². The van der Waals surface area contributed by atoms with Gasteiger partial charge in [-0.2, -0.15) is 0 Å². The van der Waals surface area contributed by atoms with Crippen molar-refractivity contribution in [2.24, 2.45) is 5.73 Å². The summed E-state index contributed by atoms with van der Waals surface area (Å²) in [6.45, 7) is 4.62. The molecule has 2 aromatic carbocycles. The van der Waals surface area contributed by atoms with Gasteiger partial charge in [0.2, 0.25) is 23.6 Å². The molecule has 0 radical (unpaired) electrons. The minimum absolute atomic E-state index is 0.116. The largest absolute Gasteiger partial charge is 0.493 e. The van der Waals surface area contributed by atoms with Crippen molar-refractivity contribution in [1.82, 2.24) is 31.2 Å². The Morgan fingerprint density at radius 2 is 1.72 bits per heavy atom. The summed E-state index contributed by atoms with van der Waals surface area (Å²) in [5.41, 5.74) is 9.25. The van der Waals surface area contributed by atoms with E-state index in [-0.39, 0.29) is 37.1 Å². The van der Waals surface area contributed by atoms with Crippen LogP contribution in [0.4, 0.5) is 0 Å². The highest BCUT2D eigenvalue weighted by atomic mass is 32.1. The third-order valence-corrected chi connectivity index (χ3v) is 9.63. The molecule has 0 bridgehead atoms. The zero-order valence-electron chi connectivity index (χ0n) is 28.4. The van der Waals surface area contributed by atoms with Gasteiger partial charge in [-0.05, 0) is 68.1 Å². The molecule has 0 saturated heterocycles. The van der Waals surface area contributed by atoms with Crippen molar-refractivity contribution in [3.63, 3.8) is 0 Å². The number of unbranched alkanes of at least 4 members (excludes halogenated alkanes) is 1. The SMILES string of the molecule is CCC(=O)N[C@@H](Cc1nc2ccc(C)cc2s1)C(=O)N[C@@H](Cc1cccnc1)C(=O)N[C@@H](CCCCN)C(=O)N[C@@H]1CCOc2ccccc21. The number of nitrogens with zero attached hydrogens (tertiary/aromatic N) is 2. The summed E-state index contributed by atoms with van der Waals surface area (Å²) in [4.78, 5) is 63.2. The predicted molar refractivity (Wildman–Crippen MR) is 192 cm³/mol. The second kappa shape index (κ2) is 17.7. The molecule has 264 valence electrons. The van der Waals surface area contributed by atoms with Crippen LogP contribution in [0.1, 0.15) is 66.8 Å². The van der Waals surface area contributed by atoms with E-state index >= 15 is 0 Å². The van der Waals surface area contributed by atoms with Crippen LogP contribution >= 0.6 is 11.3 Å². The number of carbonyl (C=O) groups is 4. The molecule has 0 fully saturated rings. The summed E-state index contributed by atoms with van der Waals surface area (Å²) >= 11 is 1.46. The lowest BCUT2D eigenvalue weighted by molar-refractivity contribution is -0.134. The number of benzene rings is 2. The molecule has 0 spiro atoms. The summed E-state index contributed by atoms with van der Waals surface area (Å²) in [5.74, 6) is -0.977. The Bertz CT molecular complexity index is 1780. The number of thiazole rings is 1. The smallest absolute Gasteiger partial charge is 0.243 e. The van der Waals surface area contributed by atoms with Crippen molar-refractivity contribution < 1.29 is 23.9 Å². The van der Waals surface area contributed by atoms with Gasteiger partial charge in [0.1, 0.15) is 23.9 Å². The number of ether oxygens (including phenoxy) is 1. The molecular formula is C37H45N7O5S. The Balaban J connectivity index is 1.35. The van der Waals surface area contributed by atoms with Crippen molar-refractivity contribution in [1.29, 1.82) is 0 Å². The molecule has 2 aromatic heterocycles. The van der Waals surface area contributed by atoms with Crippen LogP contribution in [0.15, 0.2) is 67.0 Å². The summed E-state index contributed by atoms with van der Waals surface area (Å²) in [6, 6.07) is 13.9. The van der Waals surface area contributed by atoms with E-state index in [2.05, 4.69) is 31.2 Å². The van der Waals surface area contributed by atoms with Crippen LogP contribution in [0.25, 0.3) is 10.2 Å². The first-order valence-electron chi connectivity index (χ1n) is 17.1. The second-order valence-corrected chi connectivity index (χ2v) is 13.6. The zero-order valence-corrected chi connectivity index (χ0v) is 29.3. The average molecular weight is 700 g/mol. The fraction of sp³-hybridized carbons (Fsp3) is 0.405. The molecule has 1 aliphatic rings. The van der Waals surface area contributed by atoms with Gasteiger partial charge in [0.15, 0.2) is 0 Å². The monoisotopic (exact) mass is 699 g/mol. The minimum Gasteiger partial charge on any atom is -0.493 e. The number of nitrogens with one attached hydrogen (secondary N) is 4. The molecule has 0 aliphatic carbocycles. The van der Waals surface area contributed by atoms with E-state index < -0.39 is 29.9 Å². The Hall–Kier alpha value is -4.88. The highest BCUT2D eigenvalue weighted by Gasteiger charge is 2.32. The van der Waals surface area contributed by atoms with Crippen LogP contribution in [0.5, 0.6) is 5.75 Å². The number of hydrogen-bond acceptors (Lipinski definition) is 9. The van der Waals surface area contributed by atoms with Gasteiger partial charge in [-0.3, -0.25) is 24.2 Å². The second-order valence-electron chi connectivity index (χ2n) is 12.5. The number of aryl methyl sites for hydroxylation is 1. The van der Waals surface area contributed by atoms with Crippen molar-refractivity contribution in [3.05, 3.63) is 88.7 Å². The molecule has 0 unspecified atom stereocenters. The van der Waals surface area contributed by atoms with Crippen molar-refractivity contribution in [2.75, 3.05) is 13.2 Å². The van der Waals surface area contributed by atoms with Crippen LogP contribution in [-0.2, 0) is 32.0 Å². The summed E-state index contributed by atoms with van der Waals surface area (Å²) in [5, 5.41) is 12.4. The first-order chi connectivity index (χ1) is 24.2. The Morgan fingerprint density at radius 3 is 2.48 bits per heavy atom. The van der Waals surface area contributed by atoms with Crippen molar-refractivity contribution >= 4 is 45.2 Å². The molecule has 13 heteroatoms. The molecular weight excluding hydrogens is 655 g/mol. The Labute approximate surface area is 296 Å². The van der Waals surface area contributed by atoms with Gasteiger partial charge in [0, 0.05) is 43.6 Å². The summed E-state index contributed by atoms with van der Waals surface area (Å²) in [7, 11) is 0. The maximum Gasteiger partial charge on any atom is 0.243 e. The van der Waals surface area contributed by atoms with E-state index in [4.69, 9.17) is 10.5 Å². The van der Waals surface area contributed by atoms with E-state index in [9.17, 15) is 19.2 Å². The third-order valence-electron chi connectivity index (χ3n) is 8.59. The standard InChI is InChI=1S/C37H45N7O5S/c1-3-33(45)40-30(21-34-41-27-14-13-23(2)19-32(27)50-34)37(48)44-29(20-24-9-8-17-39-22-24)36(47)43-28(11-6-7-16-38)35(46)42-26-15-18-49-31-12-5-4-10-25(26)31/h4-5,8-10,12-14,17,19,22,26,28-30H,3,6-7,11,15-16,18,20-21,38H2,1-2H3,(H,40,45)(H,42,46)(H,43,47)(H,44,48)/t26-,28+,29+,30+/m1/s1. The number of rotatable bonds is 16. The maximum absolute atomic E-state index is 14.1. The predicted octanol–water partition coefficient (Wildman–Crippen LogP) is 3.42. The summed E-state index contributed by atoms with van der Waals surface area (Å²) in [6.07, 6.45) is 5.94. The van der Waals surface area contributed by atoms with Gasteiger partial charge in [0.05, 0.1) is 27.9 Å². The molecule has 5 rings (SSSR count). The molecule has 4 aromatic rings. The van der Waals surface area contributed by atoms with Gasteiger partial charge < -0.3 is 31.7 Å². The lowest BCUT2D eigenvalue weighted by Crippen LogP contribution is -2.58. The first-order valence-corrected chi connectivity index (χ1v) is 17.9. The molecule has 1 aliphatic heterocycles. The normalized spacial score (nSPS) is 15.5. The number of pyridine rings is 1. The zero-order chi connectivity index (χ0) is 35.5. The van der Waals surface area contributed by atoms with Gasteiger partial charge in [-0.1, -0.05) is 37.3 Å². The minimum atomic E-state index is -1.07. The van der Waals surface area contributed by atoms with Crippen LogP contribution in [-0.4, -0.2) is 64.9 Å². The molecule has 12 nitrogen and oxygen atoms in total. The fourth-order valence-electron chi connectivity index (χ4n) is 5.88. The third kappa shape index (κ3) is 9.85. The molecule has 4 amide bonds. The van der Waals surface area contributed by atoms with E-state index in [1.54, 1.807) is 25.4 Å². The topological polar surface area (TPSA) is 177 Å². The van der Waals surface area contributed by atoms with E-state index in [0.717, 1.165) is 27.1 Å². The number of para-hydroxylation sites is 1. The maximum atomic E-state index is 14.1. The average Bonchev–Trinajstić information content (AvgIpc) is 3.52. The fourth-order valence-corrected chi connectivity index (χ4v) is 6.99. The number of nitrogens with two attached hydrogens (primary N) is 1. The lowest BCUT2D eigenvalue weighted by Gasteiger charge is -2.29. The number of aromatic nitrogens is 2. The molecule has 0 saturated carbocycles. The molecule has 6 N–H and O–H groups in total. The Kier molecular flexibility index (Phi) is 12.9. The van der Waals surface area contributed by atoms with E-state index in [1.165, 1.54) is 11.3 Å². The van der Waals surface area contributed by atoms with E-state index in [0.29, 0.717) is 49.4 Å². The quantitative estimate of drug-likeness (QED) is 0.111. The number of hydrogen-bond donors (Lipinski definition) is 5. The van der Waals surface area contributed by atoms with Crippen LogP contribution in [0.2, 0.25) is 0 Å². The molecule has 50 heavy (non-hydrogen) atoms. The highest BCUT2D eigenvalue weighted by Crippen LogP contribution is 2.31. The number of amides is 4. The van der Waals surface area contributed by atoms with Crippen LogP contribution in [0.3, 0.4) is 0 Å². The first kappa shape index (κ1) is 36.4. The van der Waals surface area contributed by atoms with Crippen LogP contribution in [0, 0.1) is 6.92 Å². The van der Waals surface area contributed by atoms with Crippen LogP contribution < -0.4 is 31.7 Å². The lowest BCUT2D eigenvalue weighted by atomic mass is 9.99. The van der Waals surface area contributed by atoms with Gasteiger partial charge in [-0.25, -0.2) is 4.98 Å². The highest BCUT2D eigenvalue weighted by molar-refractivity contribution is 7.18. The summed E-state index contributed by atoms with van der Waals surface area (Å²) < 4.78 is 6.75. The number of fused-ring (bicyclic) bond motifs is 2. The number of carbonyl (C=O) groups excluding carboxylic acids is 4.